The van der Waals surface area contributed by atoms with E-state index in [0.29, 0.717) is 21.9 Å². The fourth-order valence-electron chi connectivity index (χ4n) is 2.37. The minimum absolute atomic E-state index is 0.0537. The Bertz CT molecular complexity index is 827. The van der Waals surface area contributed by atoms with Gasteiger partial charge in [0.1, 0.15) is 12.4 Å². The van der Waals surface area contributed by atoms with Gasteiger partial charge in [-0.15, -0.1) is 11.8 Å². The highest BCUT2D eigenvalue weighted by molar-refractivity contribution is 8.00. The highest BCUT2D eigenvalue weighted by Crippen LogP contribution is 2.33. The largest absolute Gasteiger partial charge is 0.467 e. The number of hydrogen-bond donors (Lipinski definition) is 0. The van der Waals surface area contributed by atoms with Crippen LogP contribution in [-0.2, 0) is 27.5 Å². The molecular weight excluding hydrogens is 382 g/mol. The van der Waals surface area contributed by atoms with Crippen LogP contribution in [0.1, 0.15) is 11.1 Å². The zero-order valence-corrected chi connectivity index (χ0v) is 15.0. The van der Waals surface area contributed by atoms with Crippen molar-refractivity contribution >= 4 is 35.0 Å². The molecule has 7 nitrogen and oxygen atoms in total. The Balaban J connectivity index is 1.63. The van der Waals surface area contributed by atoms with E-state index >= 15 is 0 Å². The molecule has 0 atom stereocenters. The highest BCUT2D eigenvalue weighted by atomic mass is 35.5. The number of hydrogen-bond acceptors (Lipinski definition) is 7. The first-order valence-corrected chi connectivity index (χ1v) is 8.94. The van der Waals surface area contributed by atoms with Crippen LogP contribution in [0.3, 0.4) is 0 Å². The Morgan fingerprint density at radius 1 is 1.31 bits per heavy atom. The summed E-state index contributed by atoms with van der Waals surface area (Å²) in [4.78, 5) is 23.4. The molecule has 2 aromatic rings. The molecule has 0 spiro atoms. The molecule has 9 heteroatoms. The number of carbonyl (C=O) groups is 1. The minimum atomic E-state index is -0.503. The van der Waals surface area contributed by atoms with E-state index in [-0.39, 0.29) is 31.4 Å². The van der Waals surface area contributed by atoms with Gasteiger partial charge in [-0.1, -0.05) is 11.6 Å². The number of fused-ring (bicyclic) bond motifs is 1. The summed E-state index contributed by atoms with van der Waals surface area (Å²) in [6.07, 6.45) is 0. The van der Waals surface area contributed by atoms with E-state index in [1.54, 1.807) is 12.1 Å². The van der Waals surface area contributed by atoms with E-state index in [4.69, 9.17) is 25.8 Å². The van der Waals surface area contributed by atoms with Crippen molar-refractivity contribution in [3.8, 4) is 5.75 Å². The van der Waals surface area contributed by atoms with E-state index in [9.17, 15) is 14.9 Å². The number of esters is 1. The molecule has 0 saturated heterocycles. The average molecular weight is 396 g/mol. The van der Waals surface area contributed by atoms with Gasteiger partial charge >= 0.3 is 5.97 Å². The second-order valence-electron chi connectivity index (χ2n) is 5.36. The Morgan fingerprint density at radius 3 is 2.81 bits per heavy atom. The monoisotopic (exact) mass is 395 g/mol. The molecule has 1 heterocycles. The highest BCUT2D eigenvalue weighted by Gasteiger charge is 2.21. The second-order valence-corrected chi connectivity index (χ2v) is 6.85. The number of benzene rings is 2. The molecule has 3 rings (SSSR count). The van der Waals surface area contributed by atoms with Crippen molar-refractivity contribution in [2.24, 2.45) is 0 Å². The molecule has 2 aromatic carbocycles. The lowest BCUT2D eigenvalue weighted by Crippen LogP contribution is -2.15. The number of thioether (sulfide) groups is 1. The lowest BCUT2D eigenvalue weighted by molar-refractivity contribution is -0.385. The molecule has 0 aliphatic carbocycles. The van der Waals surface area contributed by atoms with Crippen LogP contribution in [0.4, 0.5) is 5.69 Å². The van der Waals surface area contributed by atoms with Gasteiger partial charge in [0.15, 0.2) is 6.79 Å². The average Bonchev–Trinajstić information content (AvgIpc) is 2.65. The first-order valence-electron chi connectivity index (χ1n) is 7.57. The van der Waals surface area contributed by atoms with Crippen molar-refractivity contribution in [3.63, 3.8) is 0 Å². The maximum absolute atomic E-state index is 12.0. The predicted molar refractivity (Wildman–Crippen MR) is 95.4 cm³/mol. The molecule has 0 radical (unpaired) electrons. The second kappa shape index (κ2) is 8.39. The molecular formula is C17H14ClNO6S. The lowest BCUT2D eigenvalue weighted by atomic mass is 10.1. The first kappa shape index (κ1) is 18.5. The van der Waals surface area contributed by atoms with E-state index < -0.39 is 10.9 Å². The summed E-state index contributed by atoms with van der Waals surface area (Å²) in [5.41, 5.74) is 0.911. The maximum Gasteiger partial charge on any atom is 0.316 e. The van der Waals surface area contributed by atoms with E-state index in [0.717, 1.165) is 4.90 Å². The summed E-state index contributed by atoms with van der Waals surface area (Å²) in [5.74, 6) is 0.153. The van der Waals surface area contributed by atoms with Gasteiger partial charge in [0.2, 0.25) is 0 Å². The number of halogens is 1. The third-order valence-electron chi connectivity index (χ3n) is 3.54. The normalized spacial score (nSPS) is 12.8. The van der Waals surface area contributed by atoms with Crippen LogP contribution in [0.2, 0.25) is 5.02 Å². The van der Waals surface area contributed by atoms with Crippen LogP contribution in [0, 0.1) is 10.1 Å². The van der Waals surface area contributed by atoms with Gasteiger partial charge in [0.05, 0.1) is 17.3 Å². The van der Waals surface area contributed by atoms with Gasteiger partial charge in [-0.25, -0.2) is 0 Å². The van der Waals surface area contributed by atoms with Gasteiger partial charge in [-0.2, -0.15) is 0 Å². The molecule has 26 heavy (non-hydrogen) atoms. The molecule has 0 bridgehead atoms. The molecule has 0 amide bonds. The van der Waals surface area contributed by atoms with Crippen molar-refractivity contribution in [1.82, 2.24) is 0 Å². The molecule has 0 N–H and O–H groups in total. The molecule has 0 fully saturated rings. The third kappa shape index (κ3) is 4.66. The number of rotatable bonds is 6. The van der Waals surface area contributed by atoms with Crippen LogP contribution >= 0.6 is 23.4 Å². The van der Waals surface area contributed by atoms with Gasteiger partial charge in [0.25, 0.3) is 5.69 Å². The van der Waals surface area contributed by atoms with Crippen LogP contribution in [0.15, 0.2) is 41.3 Å². The SMILES string of the molecule is O=C(CSc1ccc(Cl)cc1)OCc1cc([N+](=O)[O-])cc2c1OCOC2. The van der Waals surface area contributed by atoms with E-state index in [1.807, 2.05) is 12.1 Å². The fourth-order valence-corrected chi connectivity index (χ4v) is 3.19. The fraction of sp³-hybridized carbons (Fsp3) is 0.235. The van der Waals surface area contributed by atoms with Gasteiger partial charge < -0.3 is 14.2 Å². The number of non-ortho nitro benzene ring substituents is 1. The number of nitro benzene ring substituents is 1. The standard InChI is InChI=1S/C17H14ClNO6S/c18-13-1-3-15(4-2-13)26-9-16(20)24-8-12-6-14(19(21)22)5-11-7-23-10-25-17(11)12/h1-6H,7-10H2. The molecule has 1 aliphatic rings. The predicted octanol–water partition coefficient (Wildman–Crippen LogP) is 3.95. The van der Waals surface area contributed by atoms with Crippen LogP contribution < -0.4 is 4.74 Å². The van der Waals surface area contributed by atoms with Crippen molar-refractivity contribution in [3.05, 3.63) is 62.7 Å². The van der Waals surface area contributed by atoms with Gasteiger partial charge in [0, 0.05) is 33.2 Å². The molecule has 0 saturated carbocycles. The summed E-state index contributed by atoms with van der Waals surface area (Å²) >= 11 is 7.13. The van der Waals surface area contributed by atoms with Gasteiger partial charge in [-0.3, -0.25) is 14.9 Å². The zero-order chi connectivity index (χ0) is 18.5. The number of ether oxygens (including phenoxy) is 3. The Hall–Kier alpha value is -2.29. The zero-order valence-electron chi connectivity index (χ0n) is 13.5. The minimum Gasteiger partial charge on any atom is -0.467 e. The van der Waals surface area contributed by atoms with Crippen LogP contribution in [0.5, 0.6) is 5.75 Å². The summed E-state index contributed by atoms with van der Waals surface area (Å²) in [6, 6.07) is 9.85. The first-order chi connectivity index (χ1) is 12.5. The maximum atomic E-state index is 12.0. The summed E-state index contributed by atoms with van der Waals surface area (Å²) < 4.78 is 15.8. The topological polar surface area (TPSA) is 87.9 Å². The summed E-state index contributed by atoms with van der Waals surface area (Å²) in [7, 11) is 0. The van der Waals surface area contributed by atoms with Crippen LogP contribution in [0.25, 0.3) is 0 Å². The van der Waals surface area contributed by atoms with Crippen molar-refractivity contribution in [1.29, 1.82) is 0 Å². The quantitative estimate of drug-likeness (QED) is 0.316. The van der Waals surface area contributed by atoms with Gasteiger partial charge in [-0.05, 0) is 24.3 Å². The summed E-state index contributed by atoms with van der Waals surface area (Å²) in [6.45, 7) is 0.159. The molecule has 0 unspecified atom stereocenters. The molecule has 136 valence electrons. The number of carbonyl (C=O) groups excluding carboxylic acids is 1. The number of nitro groups is 1. The van der Waals surface area contributed by atoms with Crippen molar-refractivity contribution in [2.45, 2.75) is 18.1 Å². The van der Waals surface area contributed by atoms with E-state index in [2.05, 4.69) is 0 Å². The van der Waals surface area contributed by atoms with E-state index in [1.165, 1.54) is 23.9 Å². The Kier molecular flexibility index (Phi) is 5.97. The van der Waals surface area contributed by atoms with Crippen molar-refractivity contribution < 1.29 is 23.9 Å². The molecule has 0 aromatic heterocycles. The Morgan fingerprint density at radius 2 is 2.08 bits per heavy atom. The van der Waals surface area contributed by atoms with Crippen molar-refractivity contribution in [2.75, 3.05) is 12.5 Å². The smallest absolute Gasteiger partial charge is 0.316 e. The number of nitrogens with zero attached hydrogens (tertiary/aromatic N) is 1. The molecule has 1 aliphatic heterocycles. The summed E-state index contributed by atoms with van der Waals surface area (Å²) in [5, 5.41) is 11.7. The Labute approximate surface area is 158 Å². The lowest BCUT2D eigenvalue weighted by Gasteiger charge is -2.20. The van der Waals surface area contributed by atoms with Crippen LogP contribution in [-0.4, -0.2) is 23.4 Å². The third-order valence-corrected chi connectivity index (χ3v) is 4.78.